The summed E-state index contributed by atoms with van der Waals surface area (Å²) in [5, 5.41) is 1.24. The topological polar surface area (TPSA) is 14.2 Å². The minimum Gasteiger partial charge on any atom is -0.495 e. The van der Waals surface area contributed by atoms with Gasteiger partial charge in [0.05, 0.1) is 12.6 Å². The van der Waals surface area contributed by atoms with Crippen LogP contribution in [0.5, 0.6) is 5.75 Å². The Morgan fingerprint density at radius 1 is 1.00 bits per heavy atom. The Morgan fingerprint density at radius 2 is 1.76 bits per heavy atom. The highest BCUT2D eigenvalue weighted by Gasteiger charge is 2.13. The molecule has 3 aromatic rings. The monoisotopic (exact) mass is 277 g/mol. The SMILES string of the molecule is C/C=C\c1cccc(-c2cccc3ccn(C)c23)c1OC. The van der Waals surface area contributed by atoms with Gasteiger partial charge in [-0.3, -0.25) is 0 Å². The molecule has 0 aliphatic rings. The van der Waals surface area contributed by atoms with Crippen LogP contribution >= 0.6 is 0 Å². The second kappa shape index (κ2) is 5.49. The van der Waals surface area contributed by atoms with E-state index >= 15 is 0 Å². The maximum absolute atomic E-state index is 5.69. The van der Waals surface area contributed by atoms with Crippen LogP contribution in [-0.4, -0.2) is 11.7 Å². The van der Waals surface area contributed by atoms with E-state index in [4.69, 9.17) is 4.74 Å². The Labute approximate surface area is 125 Å². The number of rotatable bonds is 3. The number of aryl methyl sites for hydroxylation is 1. The van der Waals surface area contributed by atoms with Gasteiger partial charge >= 0.3 is 0 Å². The lowest BCUT2D eigenvalue weighted by Gasteiger charge is -2.13. The number of ether oxygens (including phenoxy) is 1. The van der Waals surface area contributed by atoms with E-state index in [1.165, 1.54) is 16.5 Å². The van der Waals surface area contributed by atoms with Crippen molar-refractivity contribution in [2.75, 3.05) is 7.11 Å². The second-order valence-electron chi connectivity index (χ2n) is 5.10. The molecule has 21 heavy (non-hydrogen) atoms. The van der Waals surface area contributed by atoms with Crippen LogP contribution in [0, 0.1) is 0 Å². The normalized spacial score (nSPS) is 11.4. The van der Waals surface area contributed by atoms with E-state index in [0.29, 0.717) is 0 Å². The molecule has 106 valence electrons. The number of aromatic nitrogens is 1. The molecule has 0 unspecified atom stereocenters. The first-order valence-corrected chi connectivity index (χ1v) is 7.10. The average molecular weight is 277 g/mol. The van der Waals surface area contributed by atoms with Gasteiger partial charge in [-0.1, -0.05) is 48.6 Å². The van der Waals surface area contributed by atoms with Crippen molar-refractivity contribution in [3.05, 3.63) is 60.3 Å². The molecule has 0 saturated heterocycles. The zero-order chi connectivity index (χ0) is 14.8. The summed E-state index contributed by atoms with van der Waals surface area (Å²) >= 11 is 0. The minimum absolute atomic E-state index is 0.921. The molecular formula is C19H19NO. The van der Waals surface area contributed by atoms with E-state index < -0.39 is 0 Å². The number of nitrogens with zero attached hydrogens (tertiary/aromatic N) is 1. The van der Waals surface area contributed by atoms with Gasteiger partial charge in [-0.15, -0.1) is 0 Å². The molecule has 1 aromatic heterocycles. The minimum atomic E-state index is 0.921. The summed E-state index contributed by atoms with van der Waals surface area (Å²) in [4.78, 5) is 0. The molecule has 2 heteroatoms. The van der Waals surface area contributed by atoms with Crippen LogP contribution in [0.1, 0.15) is 12.5 Å². The van der Waals surface area contributed by atoms with Gasteiger partial charge in [0.2, 0.25) is 0 Å². The number of hydrogen-bond donors (Lipinski definition) is 0. The van der Waals surface area contributed by atoms with Crippen LogP contribution in [0.4, 0.5) is 0 Å². The maximum Gasteiger partial charge on any atom is 0.133 e. The summed E-state index contributed by atoms with van der Waals surface area (Å²) in [6.45, 7) is 2.02. The molecule has 0 saturated carbocycles. The van der Waals surface area contributed by atoms with Gasteiger partial charge in [0.1, 0.15) is 5.75 Å². The van der Waals surface area contributed by atoms with Gasteiger partial charge in [0.15, 0.2) is 0 Å². The predicted molar refractivity (Wildman–Crippen MR) is 89.6 cm³/mol. The molecule has 1 heterocycles. The molecular weight excluding hydrogens is 258 g/mol. The summed E-state index contributed by atoms with van der Waals surface area (Å²) in [6.07, 6.45) is 6.20. The highest BCUT2D eigenvalue weighted by molar-refractivity contribution is 5.96. The maximum atomic E-state index is 5.69. The lowest BCUT2D eigenvalue weighted by molar-refractivity contribution is 0.415. The van der Waals surface area contributed by atoms with Gasteiger partial charge in [-0.25, -0.2) is 0 Å². The number of allylic oxidation sites excluding steroid dienone is 1. The molecule has 0 fully saturated rings. The fourth-order valence-electron chi connectivity index (χ4n) is 2.88. The van der Waals surface area contributed by atoms with E-state index in [0.717, 1.165) is 16.9 Å². The highest BCUT2D eigenvalue weighted by Crippen LogP contribution is 2.37. The molecule has 0 N–H and O–H groups in total. The Kier molecular flexibility index (Phi) is 3.53. The lowest BCUT2D eigenvalue weighted by atomic mass is 9.99. The zero-order valence-electron chi connectivity index (χ0n) is 12.6. The highest BCUT2D eigenvalue weighted by atomic mass is 16.5. The van der Waals surface area contributed by atoms with Gasteiger partial charge in [0, 0.05) is 35.3 Å². The van der Waals surface area contributed by atoms with Crippen LogP contribution in [0.3, 0.4) is 0 Å². The third-order valence-electron chi connectivity index (χ3n) is 3.78. The molecule has 3 rings (SSSR count). The molecule has 0 aliphatic carbocycles. The number of benzene rings is 2. The van der Waals surface area contributed by atoms with Gasteiger partial charge in [-0.2, -0.15) is 0 Å². The van der Waals surface area contributed by atoms with Crippen molar-refractivity contribution in [3.63, 3.8) is 0 Å². The van der Waals surface area contributed by atoms with E-state index in [-0.39, 0.29) is 0 Å². The zero-order valence-corrected chi connectivity index (χ0v) is 12.6. The molecule has 0 aliphatic heterocycles. The first-order valence-electron chi connectivity index (χ1n) is 7.10. The Hall–Kier alpha value is -2.48. The van der Waals surface area contributed by atoms with Crippen molar-refractivity contribution in [1.82, 2.24) is 4.57 Å². The summed E-state index contributed by atoms with van der Waals surface area (Å²) in [7, 11) is 3.81. The van der Waals surface area contributed by atoms with Crippen LogP contribution < -0.4 is 4.74 Å². The number of methoxy groups -OCH3 is 1. The van der Waals surface area contributed by atoms with Crippen molar-refractivity contribution in [1.29, 1.82) is 0 Å². The predicted octanol–water partition coefficient (Wildman–Crippen LogP) is 4.89. The van der Waals surface area contributed by atoms with E-state index in [1.54, 1.807) is 7.11 Å². The quantitative estimate of drug-likeness (QED) is 0.665. The summed E-state index contributed by atoms with van der Waals surface area (Å²) in [5.74, 6) is 0.921. The van der Waals surface area contributed by atoms with Crippen LogP contribution in [0.25, 0.3) is 28.1 Å². The lowest BCUT2D eigenvalue weighted by Crippen LogP contribution is -1.94. The number of para-hydroxylation sites is 2. The van der Waals surface area contributed by atoms with Gasteiger partial charge < -0.3 is 9.30 Å². The van der Waals surface area contributed by atoms with E-state index in [1.807, 2.05) is 13.0 Å². The molecule has 0 radical (unpaired) electrons. The Morgan fingerprint density at radius 3 is 2.52 bits per heavy atom. The van der Waals surface area contributed by atoms with Crippen molar-refractivity contribution in [2.24, 2.45) is 7.05 Å². The van der Waals surface area contributed by atoms with Crippen molar-refractivity contribution < 1.29 is 4.74 Å². The summed E-state index contributed by atoms with van der Waals surface area (Å²) in [5.41, 5.74) is 4.65. The van der Waals surface area contributed by atoms with E-state index in [2.05, 4.69) is 66.4 Å². The fourth-order valence-corrected chi connectivity index (χ4v) is 2.88. The average Bonchev–Trinajstić information content (AvgIpc) is 2.89. The molecule has 2 nitrogen and oxygen atoms in total. The molecule has 0 bridgehead atoms. The first-order chi connectivity index (χ1) is 10.3. The standard InChI is InChI=1S/C19H19NO/c1-4-7-15-9-6-11-17(19(15)21-3)16-10-5-8-14-12-13-20(2)18(14)16/h4-13H,1-3H3/b7-4-. The first kappa shape index (κ1) is 13.5. The molecule has 0 amide bonds. The Bertz CT molecular complexity index is 812. The smallest absolute Gasteiger partial charge is 0.133 e. The van der Waals surface area contributed by atoms with E-state index in [9.17, 15) is 0 Å². The van der Waals surface area contributed by atoms with Crippen molar-refractivity contribution in [3.8, 4) is 16.9 Å². The second-order valence-corrected chi connectivity index (χ2v) is 5.10. The van der Waals surface area contributed by atoms with Crippen LogP contribution in [0.15, 0.2) is 54.7 Å². The summed E-state index contributed by atoms with van der Waals surface area (Å²) in [6, 6.07) is 14.8. The molecule has 2 aromatic carbocycles. The van der Waals surface area contributed by atoms with Crippen molar-refractivity contribution >= 4 is 17.0 Å². The number of hydrogen-bond acceptors (Lipinski definition) is 1. The van der Waals surface area contributed by atoms with Gasteiger partial charge in [0.25, 0.3) is 0 Å². The third-order valence-corrected chi connectivity index (χ3v) is 3.78. The molecule has 0 atom stereocenters. The largest absolute Gasteiger partial charge is 0.495 e. The van der Waals surface area contributed by atoms with Crippen LogP contribution in [-0.2, 0) is 7.05 Å². The molecule has 0 spiro atoms. The third kappa shape index (κ3) is 2.23. The number of fused-ring (bicyclic) bond motifs is 1. The van der Waals surface area contributed by atoms with Gasteiger partial charge in [-0.05, 0) is 13.0 Å². The van der Waals surface area contributed by atoms with Crippen molar-refractivity contribution in [2.45, 2.75) is 6.92 Å². The fraction of sp³-hybridized carbons (Fsp3) is 0.158. The Balaban J connectivity index is 2.33. The van der Waals surface area contributed by atoms with Crippen LogP contribution in [0.2, 0.25) is 0 Å². The summed E-state index contributed by atoms with van der Waals surface area (Å²) < 4.78 is 7.85.